The number of carbonyl (C=O) groups excluding carboxylic acids is 3. The van der Waals surface area contributed by atoms with Gasteiger partial charge in [0.15, 0.2) is 0 Å². The van der Waals surface area contributed by atoms with Crippen LogP contribution in [0.4, 0.5) is 14.4 Å². The van der Waals surface area contributed by atoms with Gasteiger partial charge in [0.05, 0.1) is 24.2 Å². The van der Waals surface area contributed by atoms with E-state index < -0.39 is 5.60 Å². The lowest BCUT2D eigenvalue weighted by molar-refractivity contribution is 0.0104. The Hall–Kier alpha value is -2.31. The average molecular weight is 741 g/mol. The number of hydrogen-bond acceptors (Lipinski definition) is 7. The molecular formula is C41H72N8O4. The lowest BCUT2D eigenvalue weighted by Crippen LogP contribution is -2.54. The fourth-order valence-electron chi connectivity index (χ4n) is 11.5. The van der Waals surface area contributed by atoms with Gasteiger partial charge < -0.3 is 44.4 Å². The molecule has 53 heavy (non-hydrogen) atoms. The van der Waals surface area contributed by atoms with E-state index in [0.29, 0.717) is 48.3 Å². The van der Waals surface area contributed by atoms with E-state index in [1.165, 1.54) is 103 Å². The van der Waals surface area contributed by atoms with Crippen LogP contribution in [-0.4, -0.2) is 173 Å². The van der Waals surface area contributed by atoms with Crippen molar-refractivity contribution >= 4 is 18.2 Å². The number of nitrogens with one attached hydrogen (secondary N) is 1. The number of carbonyl (C=O) groups is 3. The van der Waals surface area contributed by atoms with Gasteiger partial charge in [-0.05, 0) is 111 Å². The van der Waals surface area contributed by atoms with Gasteiger partial charge in [-0.2, -0.15) is 0 Å². The van der Waals surface area contributed by atoms with Gasteiger partial charge in [-0.15, -0.1) is 0 Å². The molecule has 4 atom stereocenters. The number of urea groups is 2. The Kier molecular flexibility index (Phi) is 12.4. The minimum atomic E-state index is -0.436. The van der Waals surface area contributed by atoms with Crippen LogP contribution in [0.2, 0.25) is 0 Å². The van der Waals surface area contributed by atoms with Gasteiger partial charge in [0.25, 0.3) is 0 Å². The van der Waals surface area contributed by atoms with Crippen LogP contribution in [0.3, 0.4) is 0 Å². The predicted octanol–water partition coefficient (Wildman–Crippen LogP) is 5.41. The molecule has 12 heteroatoms. The second-order valence-electron chi connectivity index (χ2n) is 18.7. The summed E-state index contributed by atoms with van der Waals surface area (Å²) in [6, 6.07) is 4.61. The van der Waals surface area contributed by atoms with Crippen molar-refractivity contribution in [1.29, 1.82) is 0 Å². The molecule has 6 aliphatic heterocycles. The monoisotopic (exact) mass is 741 g/mol. The first kappa shape index (κ1) is 38.9. The molecule has 300 valence electrons. The van der Waals surface area contributed by atoms with Gasteiger partial charge in [-0.25, -0.2) is 14.4 Å². The van der Waals surface area contributed by atoms with Crippen LogP contribution < -0.4 is 5.32 Å². The van der Waals surface area contributed by atoms with Crippen molar-refractivity contribution < 1.29 is 19.1 Å². The van der Waals surface area contributed by atoms with E-state index in [1.807, 2.05) is 49.6 Å². The Bertz CT molecular complexity index is 1250. The molecule has 0 spiro atoms. The van der Waals surface area contributed by atoms with E-state index in [-0.39, 0.29) is 12.1 Å². The number of rotatable bonds is 4. The Balaban J connectivity index is 0.000000170. The highest BCUT2D eigenvalue weighted by Gasteiger charge is 2.49. The van der Waals surface area contributed by atoms with Crippen molar-refractivity contribution in [3.8, 4) is 0 Å². The maximum absolute atomic E-state index is 12.9. The molecule has 12 nitrogen and oxygen atoms in total. The standard InChI is InChI=1S/C23H40N4O3.C18H32N4O/c1-23(2,3)30-22(29)26-15-9-17(10-16-26)25-13-11-18(12-14-25)27-20-8-6-5-7-19(20)24(4)21(27)28;1-20-16-4-2-3-5-17(16)22(18(20)23)15-8-12-21(13-9-15)14-6-10-19-11-7-14/h17-20H,5-16H2,1-4H3;14-17,19H,2-13H2,1H3/t19-,20-;16-,17-/m00/s1. The molecule has 0 bridgehead atoms. The van der Waals surface area contributed by atoms with Gasteiger partial charge in [-0.1, -0.05) is 25.7 Å². The highest BCUT2D eigenvalue weighted by molar-refractivity contribution is 5.78. The molecule has 0 unspecified atom stereocenters. The Labute approximate surface area is 320 Å². The quantitative estimate of drug-likeness (QED) is 0.412. The van der Waals surface area contributed by atoms with E-state index in [1.54, 1.807) is 0 Å². The van der Waals surface area contributed by atoms with Crippen LogP contribution in [0.1, 0.15) is 124 Å². The minimum absolute atomic E-state index is 0.182. The summed E-state index contributed by atoms with van der Waals surface area (Å²) in [5, 5.41) is 3.46. The molecule has 6 heterocycles. The Morgan fingerprint density at radius 1 is 0.547 bits per heavy atom. The van der Waals surface area contributed by atoms with Crippen LogP contribution in [0.5, 0.6) is 0 Å². The zero-order chi connectivity index (χ0) is 37.3. The molecule has 5 amide bonds. The molecule has 0 aromatic heterocycles. The third-order valence-corrected chi connectivity index (χ3v) is 14.4. The lowest BCUT2D eigenvalue weighted by atomic mass is 9.88. The molecule has 8 aliphatic rings. The highest BCUT2D eigenvalue weighted by atomic mass is 16.6. The zero-order valence-corrected chi connectivity index (χ0v) is 33.9. The maximum atomic E-state index is 12.9. The van der Waals surface area contributed by atoms with Crippen LogP contribution in [0.15, 0.2) is 0 Å². The zero-order valence-electron chi connectivity index (χ0n) is 33.9. The molecule has 0 aromatic carbocycles. The van der Waals surface area contributed by atoms with E-state index in [0.717, 1.165) is 57.9 Å². The molecular weight excluding hydrogens is 669 g/mol. The van der Waals surface area contributed by atoms with Crippen molar-refractivity contribution in [3.05, 3.63) is 0 Å². The Morgan fingerprint density at radius 3 is 1.34 bits per heavy atom. The van der Waals surface area contributed by atoms with E-state index >= 15 is 0 Å². The number of amides is 5. The summed E-state index contributed by atoms with van der Waals surface area (Å²) >= 11 is 0. The summed E-state index contributed by atoms with van der Waals surface area (Å²) in [5.74, 6) is 0. The summed E-state index contributed by atoms with van der Waals surface area (Å²) in [4.78, 5) is 53.8. The van der Waals surface area contributed by atoms with Crippen molar-refractivity contribution in [2.24, 2.45) is 0 Å². The Morgan fingerprint density at radius 2 is 0.925 bits per heavy atom. The van der Waals surface area contributed by atoms with Crippen molar-refractivity contribution in [3.63, 3.8) is 0 Å². The summed E-state index contributed by atoms with van der Waals surface area (Å²) in [6.07, 6.45) is 18.8. The highest BCUT2D eigenvalue weighted by Crippen LogP contribution is 2.38. The fraction of sp³-hybridized carbons (Fsp3) is 0.927. The van der Waals surface area contributed by atoms with Gasteiger partial charge in [0.1, 0.15) is 5.60 Å². The molecule has 2 saturated carbocycles. The number of nitrogens with zero attached hydrogens (tertiary/aromatic N) is 7. The first-order chi connectivity index (χ1) is 25.5. The fourth-order valence-corrected chi connectivity index (χ4v) is 11.5. The minimum Gasteiger partial charge on any atom is -0.444 e. The summed E-state index contributed by atoms with van der Waals surface area (Å²) in [5.41, 5.74) is -0.436. The second kappa shape index (κ2) is 16.8. The van der Waals surface area contributed by atoms with E-state index in [9.17, 15) is 14.4 Å². The lowest BCUT2D eigenvalue weighted by Gasteiger charge is -2.44. The molecule has 8 rings (SSSR count). The van der Waals surface area contributed by atoms with Crippen molar-refractivity contribution in [2.45, 2.75) is 177 Å². The van der Waals surface area contributed by atoms with Crippen LogP contribution in [0, 0.1) is 0 Å². The van der Waals surface area contributed by atoms with Crippen LogP contribution >= 0.6 is 0 Å². The molecule has 2 aliphatic carbocycles. The van der Waals surface area contributed by atoms with Crippen LogP contribution in [0.25, 0.3) is 0 Å². The molecule has 0 aromatic rings. The third-order valence-electron chi connectivity index (χ3n) is 14.4. The van der Waals surface area contributed by atoms with E-state index in [4.69, 9.17) is 4.74 Å². The SMILES string of the molecule is CN1C(=O)N(C2CCN(C3CCN(C(=O)OC(C)(C)C)CC3)CC2)[C@H]2CCCC[C@@H]21.CN1C(=O)N(C2CCN(C3CCNCC3)CC2)[C@H]2CCCC[C@@H]21. The topological polar surface area (TPSA) is 95.2 Å². The van der Waals surface area contributed by atoms with Gasteiger partial charge in [-0.3, -0.25) is 0 Å². The number of ether oxygens (including phenoxy) is 1. The number of piperidine rings is 4. The molecule has 8 fully saturated rings. The molecule has 0 radical (unpaired) electrons. The van der Waals surface area contributed by atoms with Crippen molar-refractivity contribution in [2.75, 3.05) is 66.5 Å². The number of fused-ring (bicyclic) bond motifs is 2. The smallest absolute Gasteiger partial charge is 0.410 e. The van der Waals surface area contributed by atoms with Gasteiger partial charge in [0.2, 0.25) is 0 Å². The average Bonchev–Trinajstić information content (AvgIpc) is 3.59. The normalized spacial score (nSPS) is 32.1. The van der Waals surface area contributed by atoms with E-state index in [2.05, 4.69) is 24.9 Å². The number of likely N-dealkylation sites (N-methyl/N-ethyl adjacent to an activating group) is 2. The summed E-state index contributed by atoms with van der Waals surface area (Å²) in [6.45, 7) is 14.1. The number of likely N-dealkylation sites (tertiary alicyclic amines) is 3. The maximum Gasteiger partial charge on any atom is 0.410 e. The third kappa shape index (κ3) is 8.59. The number of hydrogen-bond donors (Lipinski definition) is 1. The first-order valence-electron chi connectivity index (χ1n) is 21.8. The first-order valence-corrected chi connectivity index (χ1v) is 21.8. The summed E-state index contributed by atoms with van der Waals surface area (Å²) < 4.78 is 5.52. The summed E-state index contributed by atoms with van der Waals surface area (Å²) in [7, 11) is 4.02. The predicted molar refractivity (Wildman–Crippen MR) is 208 cm³/mol. The second-order valence-corrected chi connectivity index (χ2v) is 18.7. The molecule has 6 saturated heterocycles. The van der Waals surface area contributed by atoms with Crippen LogP contribution in [-0.2, 0) is 4.74 Å². The van der Waals surface area contributed by atoms with Gasteiger partial charge in [0, 0.05) is 77.5 Å². The van der Waals surface area contributed by atoms with Gasteiger partial charge >= 0.3 is 18.2 Å². The molecule has 1 N–H and O–H groups in total. The largest absolute Gasteiger partial charge is 0.444 e. The van der Waals surface area contributed by atoms with Crippen molar-refractivity contribution in [1.82, 2.24) is 39.6 Å².